The second-order valence-corrected chi connectivity index (χ2v) is 5.04. The smallest absolute Gasteiger partial charge is 0.133 e. The lowest BCUT2D eigenvalue weighted by Crippen LogP contribution is -2.34. The van der Waals surface area contributed by atoms with Crippen LogP contribution in [0.2, 0.25) is 0 Å². The van der Waals surface area contributed by atoms with E-state index in [1.165, 1.54) is 5.56 Å². The van der Waals surface area contributed by atoms with E-state index in [0.717, 1.165) is 42.6 Å². The molecule has 0 saturated carbocycles. The number of hydrogen-bond donors (Lipinski definition) is 1. The first-order chi connectivity index (χ1) is 7.79. The van der Waals surface area contributed by atoms with Crippen LogP contribution < -0.4 is 10.1 Å². The van der Waals surface area contributed by atoms with Gasteiger partial charge in [0.05, 0.1) is 4.47 Å². The Morgan fingerprint density at radius 3 is 2.65 bits per heavy atom. The summed E-state index contributed by atoms with van der Waals surface area (Å²) in [5, 5.41) is 3.34. The highest BCUT2D eigenvalue weighted by atomic mass is 79.9. The number of hydrogen-bond acceptors (Lipinski definition) is 2. The van der Waals surface area contributed by atoms with E-state index in [0.29, 0.717) is 6.10 Å². The molecule has 1 heterocycles. The maximum atomic E-state index is 6.00. The molecule has 1 saturated heterocycles. The third kappa shape index (κ3) is 4.16. The van der Waals surface area contributed by atoms with E-state index >= 15 is 0 Å². The number of ether oxygens (including phenoxy) is 1. The molecule has 0 spiro atoms. The number of aryl methyl sites for hydroxylation is 1. The fraction of sp³-hybridized carbons (Fsp3) is 0.538. The van der Waals surface area contributed by atoms with Gasteiger partial charge in [-0.3, -0.25) is 0 Å². The van der Waals surface area contributed by atoms with Crippen molar-refractivity contribution >= 4 is 28.3 Å². The van der Waals surface area contributed by atoms with Gasteiger partial charge < -0.3 is 10.1 Å². The maximum Gasteiger partial charge on any atom is 0.133 e. The van der Waals surface area contributed by atoms with Crippen LogP contribution in [0.3, 0.4) is 0 Å². The second-order valence-electron chi connectivity index (χ2n) is 4.19. The van der Waals surface area contributed by atoms with Gasteiger partial charge in [0.25, 0.3) is 0 Å². The fourth-order valence-electron chi connectivity index (χ4n) is 1.95. The van der Waals surface area contributed by atoms with E-state index in [1.807, 2.05) is 0 Å². The summed E-state index contributed by atoms with van der Waals surface area (Å²) >= 11 is 3.57. The number of rotatable bonds is 3. The average molecular weight is 321 g/mol. The number of nitrogens with one attached hydrogen (secondary N) is 1. The Hall–Kier alpha value is -0.250. The normalized spacial score (nSPS) is 16.4. The molecule has 1 aliphatic heterocycles. The summed E-state index contributed by atoms with van der Waals surface area (Å²) in [5.41, 5.74) is 1.34. The lowest BCUT2D eigenvalue weighted by atomic mass is 10.1. The van der Waals surface area contributed by atoms with Crippen LogP contribution in [0.25, 0.3) is 0 Å². The van der Waals surface area contributed by atoms with Crippen LogP contribution in [0.15, 0.2) is 22.7 Å². The molecule has 1 aromatic carbocycles. The standard InChI is InChI=1S/C13H18BrNO.ClH/c1-2-10-3-4-13(12(14)9-10)16-11-5-7-15-8-6-11;/h3-4,9,11,15H,2,5-8H2,1H3;1H. The highest BCUT2D eigenvalue weighted by molar-refractivity contribution is 9.10. The van der Waals surface area contributed by atoms with E-state index in [9.17, 15) is 0 Å². The molecular formula is C13H19BrClNO. The van der Waals surface area contributed by atoms with Gasteiger partial charge >= 0.3 is 0 Å². The molecule has 0 aliphatic carbocycles. The summed E-state index contributed by atoms with van der Waals surface area (Å²) < 4.78 is 7.07. The molecule has 1 aromatic rings. The first-order valence-electron chi connectivity index (χ1n) is 5.95. The second kappa shape index (κ2) is 7.24. The van der Waals surface area contributed by atoms with Crippen molar-refractivity contribution in [3.8, 4) is 5.75 Å². The minimum Gasteiger partial charge on any atom is -0.489 e. The molecule has 0 bridgehead atoms. The van der Waals surface area contributed by atoms with E-state index in [-0.39, 0.29) is 12.4 Å². The van der Waals surface area contributed by atoms with Crippen LogP contribution in [-0.4, -0.2) is 19.2 Å². The number of halogens is 2. The van der Waals surface area contributed by atoms with Gasteiger partial charge in [-0.25, -0.2) is 0 Å². The van der Waals surface area contributed by atoms with Gasteiger partial charge in [-0.15, -0.1) is 12.4 Å². The molecule has 0 unspecified atom stereocenters. The van der Waals surface area contributed by atoms with Crippen molar-refractivity contribution < 1.29 is 4.74 Å². The van der Waals surface area contributed by atoms with Gasteiger partial charge in [-0.1, -0.05) is 13.0 Å². The van der Waals surface area contributed by atoms with Gasteiger partial charge in [-0.2, -0.15) is 0 Å². The highest BCUT2D eigenvalue weighted by Gasteiger charge is 2.15. The van der Waals surface area contributed by atoms with Crippen molar-refractivity contribution in [1.29, 1.82) is 0 Å². The molecule has 4 heteroatoms. The molecule has 1 fully saturated rings. The lowest BCUT2D eigenvalue weighted by molar-refractivity contribution is 0.161. The van der Waals surface area contributed by atoms with Crippen molar-refractivity contribution in [2.75, 3.05) is 13.1 Å². The van der Waals surface area contributed by atoms with Crippen LogP contribution in [0.1, 0.15) is 25.3 Å². The van der Waals surface area contributed by atoms with Crippen LogP contribution >= 0.6 is 28.3 Å². The minimum atomic E-state index is 0. The Balaban J connectivity index is 0.00000144. The highest BCUT2D eigenvalue weighted by Crippen LogP contribution is 2.28. The molecule has 2 nitrogen and oxygen atoms in total. The molecule has 0 radical (unpaired) electrons. The van der Waals surface area contributed by atoms with Crippen molar-refractivity contribution in [3.05, 3.63) is 28.2 Å². The van der Waals surface area contributed by atoms with Gasteiger partial charge in [0.1, 0.15) is 11.9 Å². The quantitative estimate of drug-likeness (QED) is 0.919. The predicted octanol–water partition coefficient (Wildman–Crippen LogP) is 3.56. The number of benzene rings is 1. The van der Waals surface area contributed by atoms with Gasteiger partial charge in [-0.05, 0) is 66.0 Å². The van der Waals surface area contributed by atoms with E-state index in [4.69, 9.17) is 4.74 Å². The summed E-state index contributed by atoms with van der Waals surface area (Å²) in [6, 6.07) is 6.36. The Bertz CT molecular complexity index is 353. The Kier molecular flexibility index (Phi) is 6.31. The third-order valence-electron chi connectivity index (χ3n) is 2.98. The third-order valence-corrected chi connectivity index (χ3v) is 3.60. The first kappa shape index (κ1) is 14.8. The Labute approximate surface area is 118 Å². The van der Waals surface area contributed by atoms with Crippen molar-refractivity contribution in [2.24, 2.45) is 0 Å². The van der Waals surface area contributed by atoms with Crippen molar-refractivity contribution in [3.63, 3.8) is 0 Å². The largest absolute Gasteiger partial charge is 0.489 e. The zero-order valence-electron chi connectivity index (χ0n) is 10.0. The fourth-order valence-corrected chi connectivity index (χ4v) is 2.47. The Morgan fingerprint density at radius 1 is 1.35 bits per heavy atom. The zero-order chi connectivity index (χ0) is 11.4. The topological polar surface area (TPSA) is 21.3 Å². The molecule has 1 aliphatic rings. The van der Waals surface area contributed by atoms with Gasteiger partial charge in [0.2, 0.25) is 0 Å². The van der Waals surface area contributed by atoms with Crippen LogP contribution in [0.5, 0.6) is 5.75 Å². The minimum absolute atomic E-state index is 0. The van der Waals surface area contributed by atoms with Crippen molar-refractivity contribution in [2.45, 2.75) is 32.3 Å². The van der Waals surface area contributed by atoms with E-state index < -0.39 is 0 Å². The maximum absolute atomic E-state index is 6.00. The first-order valence-corrected chi connectivity index (χ1v) is 6.74. The van der Waals surface area contributed by atoms with Gasteiger partial charge in [0, 0.05) is 0 Å². The van der Waals surface area contributed by atoms with Crippen LogP contribution in [0, 0.1) is 0 Å². The van der Waals surface area contributed by atoms with E-state index in [1.54, 1.807) is 0 Å². The summed E-state index contributed by atoms with van der Waals surface area (Å²) in [6.45, 7) is 4.29. The van der Waals surface area contributed by atoms with E-state index in [2.05, 4.69) is 46.4 Å². The molecule has 17 heavy (non-hydrogen) atoms. The molecule has 0 atom stereocenters. The van der Waals surface area contributed by atoms with Crippen LogP contribution in [-0.2, 0) is 6.42 Å². The van der Waals surface area contributed by atoms with Crippen LogP contribution in [0.4, 0.5) is 0 Å². The molecule has 0 amide bonds. The molecule has 1 N–H and O–H groups in total. The SMILES string of the molecule is CCc1ccc(OC2CCNCC2)c(Br)c1.Cl. The van der Waals surface area contributed by atoms with Gasteiger partial charge in [0.15, 0.2) is 0 Å². The molecule has 0 aromatic heterocycles. The molecule has 96 valence electrons. The summed E-state index contributed by atoms with van der Waals surface area (Å²) in [4.78, 5) is 0. The average Bonchev–Trinajstić information content (AvgIpc) is 2.33. The number of piperidine rings is 1. The summed E-state index contributed by atoms with van der Waals surface area (Å²) in [5.74, 6) is 0.976. The summed E-state index contributed by atoms with van der Waals surface area (Å²) in [7, 11) is 0. The molecule has 2 rings (SSSR count). The molecular weight excluding hydrogens is 302 g/mol. The lowest BCUT2D eigenvalue weighted by Gasteiger charge is -2.24. The Morgan fingerprint density at radius 2 is 2.06 bits per heavy atom. The zero-order valence-corrected chi connectivity index (χ0v) is 12.4. The monoisotopic (exact) mass is 319 g/mol. The predicted molar refractivity (Wildman–Crippen MR) is 77.3 cm³/mol. The summed E-state index contributed by atoms with van der Waals surface area (Å²) in [6.07, 6.45) is 3.63. The van der Waals surface area contributed by atoms with Crippen molar-refractivity contribution in [1.82, 2.24) is 5.32 Å².